The van der Waals surface area contributed by atoms with Crippen molar-refractivity contribution in [1.82, 2.24) is 4.57 Å². The molecule has 0 bridgehead atoms. The molecule has 3 heterocycles. The fourth-order valence-electron chi connectivity index (χ4n) is 20.6. The molecule has 0 unspecified atom stereocenters. The summed E-state index contributed by atoms with van der Waals surface area (Å²) in [7, 11) is 0. The van der Waals surface area contributed by atoms with Crippen molar-refractivity contribution in [3.05, 3.63) is 487 Å². The zero-order valence-corrected chi connectivity index (χ0v) is 66.4. The summed E-state index contributed by atoms with van der Waals surface area (Å²) in [5, 5.41) is 5.18. The van der Waals surface area contributed by atoms with Crippen LogP contribution in [0.15, 0.2) is 443 Å². The molecule has 18 aromatic carbocycles. The number of hydrogen-bond donors (Lipinski definition) is 0. The van der Waals surface area contributed by atoms with E-state index >= 15 is 0 Å². The number of hydrogen-bond acceptors (Lipinski definition) is 4. The van der Waals surface area contributed by atoms with Crippen molar-refractivity contribution in [2.45, 2.75) is 10.8 Å². The lowest BCUT2D eigenvalue weighted by Gasteiger charge is -2.32. The predicted octanol–water partition coefficient (Wildman–Crippen LogP) is 31.2. The van der Waals surface area contributed by atoms with Gasteiger partial charge in [-0.2, -0.15) is 0 Å². The van der Waals surface area contributed by atoms with Crippen LogP contribution in [0.1, 0.15) is 44.5 Å². The smallest absolute Gasteiger partial charge is 0.0746 e. The highest BCUT2D eigenvalue weighted by Gasteiger charge is 2.56. The molecule has 556 valence electrons. The molecule has 21 aromatic rings. The van der Waals surface area contributed by atoms with Gasteiger partial charge in [-0.05, 0) is 248 Å². The third kappa shape index (κ3) is 10.5. The van der Waals surface area contributed by atoms with Crippen LogP contribution in [-0.2, 0) is 10.8 Å². The Morgan fingerprint density at radius 1 is 0.193 bits per heavy atom. The molecule has 0 atom stereocenters. The fraction of sp³-hybridized carbons (Fsp3) is 0.0175. The molecule has 0 saturated heterocycles. The van der Waals surface area contributed by atoms with E-state index in [1.807, 2.05) is 22.7 Å². The van der Waals surface area contributed by atoms with Crippen LogP contribution in [0.5, 0.6) is 0 Å². The summed E-state index contributed by atoms with van der Waals surface area (Å²) in [6.45, 7) is 0. The molecule has 3 aromatic heterocycles. The van der Waals surface area contributed by atoms with E-state index in [9.17, 15) is 0 Å². The van der Waals surface area contributed by atoms with E-state index in [4.69, 9.17) is 0 Å². The lowest BCUT2D eigenvalue weighted by molar-refractivity contribution is 0.803. The summed E-state index contributed by atoms with van der Waals surface area (Å²) in [5.74, 6) is 0. The third-order valence-corrected chi connectivity index (χ3v) is 27.9. The van der Waals surface area contributed by atoms with Crippen LogP contribution < -0.4 is 9.80 Å². The van der Waals surface area contributed by atoms with Gasteiger partial charge in [0.05, 0.1) is 21.9 Å². The Hall–Kier alpha value is -14.7. The minimum atomic E-state index is -0.433. The Balaban J connectivity index is 0.000000136. The van der Waals surface area contributed by atoms with Gasteiger partial charge < -0.3 is 14.4 Å². The molecule has 25 rings (SSSR count). The molecule has 0 amide bonds. The average Bonchev–Trinajstić information content (AvgIpc) is 1.49. The van der Waals surface area contributed by atoms with Crippen LogP contribution in [0, 0.1) is 0 Å². The maximum Gasteiger partial charge on any atom is 0.0746 e. The minimum absolute atomic E-state index is 0.355. The maximum atomic E-state index is 2.46. The highest BCUT2D eigenvalue weighted by atomic mass is 32.1. The van der Waals surface area contributed by atoms with E-state index in [0.717, 1.165) is 39.8 Å². The van der Waals surface area contributed by atoms with Gasteiger partial charge in [0, 0.05) is 69.7 Å². The molecule has 4 aliphatic carbocycles. The van der Waals surface area contributed by atoms with Crippen molar-refractivity contribution in [2.24, 2.45) is 0 Å². The quantitative estimate of drug-likeness (QED) is 0.128. The zero-order valence-electron chi connectivity index (χ0n) is 64.8. The zero-order chi connectivity index (χ0) is 78.3. The number of benzene rings is 18. The largest absolute Gasteiger partial charge is 0.311 e. The summed E-state index contributed by atoms with van der Waals surface area (Å²) < 4.78 is 5.06. The fourth-order valence-corrected chi connectivity index (χ4v) is 23.1. The van der Waals surface area contributed by atoms with Crippen molar-refractivity contribution in [2.75, 3.05) is 9.80 Å². The number of nitrogens with zero attached hydrogens (tertiary/aromatic N) is 3. The molecule has 4 aliphatic rings. The van der Waals surface area contributed by atoms with Gasteiger partial charge >= 0.3 is 0 Å². The maximum absolute atomic E-state index is 2.46. The molecule has 2 spiro atoms. The SMILES string of the molecule is c1ccc(-c2ccc(N(c3ccc(-c4ccccc4)cc3)c3ccc(-c4ccc5c(c4)-c4sc6ccccc6c4C54c5ccccc5-c5ccccc54)cc3)cc2)cc1.c1ccc(N(c2ccc(-c3cccc4c3C3(c5ccccc5-c5ccccc53)c3c-4sc4ccccc34)cc2)c2ccc3c(c2)c2ccccc2n3-c2ccccc2)cc1. The van der Waals surface area contributed by atoms with Crippen LogP contribution >= 0.6 is 22.7 Å². The first-order chi connectivity index (χ1) is 59.0. The first kappa shape index (κ1) is 68.7. The first-order valence-electron chi connectivity index (χ1n) is 41.0. The molecule has 0 saturated carbocycles. The first-order valence-corrected chi connectivity index (χ1v) is 42.7. The lowest BCUT2D eigenvalue weighted by Crippen LogP contribution is -2.26. The van der Waals surface area contributed by atoms with Crippen molar-refractivity contribution < 1.29 is 0 Å². The van der Waals surface area contributed by atoms with Crippen molar-refractivity contribution in [1.29, 1.82) is 0 Å². The standard InChI is InChI=1S/C57H36N2S.C57H37NS/c1-3-16-38(17-4-1)58(41-34-35-52-48(36-41)45-22-9-13-28-51(45)59(52)39-18-5-2-6-19-39)40-32-30-37(31-33-40)42-24-15-25-47-54(42)57(55-46-23-10-14-29-53(46)60-56(47)55)49-26-11-7-20-43(49)44-21-8-12-27-50(44)57;1-3-13-38(14-4-1)40-23-30-44(31-24-40)58(45-32-25-41(26-33-45)39-15-5-2-6-16-39)46-34-27-42(28-35-46)43-29-36-53-50(37-43)56-55(49-19-9-12-22-54(49)59-56)57(53)51-20-10-7-17-47(51)48-18-8-11-21-52(48)57/h1-36H;1-37H. The molecule has 0 radical (unpaired) electrons. The second-order valence-corrected chi connectivity index (χ2v) is 33.7. The number of rotatable bonds is 11. The van der Waals surface area contributed by atoms with E-state index < -0.39 is 5.41 Å². The predicted molar refractivity (Wildman–Crippen MR) is 502 cm³/mol. The Morgan fingerprint density at radius 3 is 1.07 bits per heavy atom. The Morgan fingerprint density at radius 2 is 0.538 bits per heavy atom. The molecule has 3 nitrogen and oxygen atoms in total. The normalized spacial score (nSPS) is 13.0. The number of thiophene rings is 2. The monoisotopic (exact) mass is 1550 g/mol. The number of aromatic nitrogens is 1. The van der Waals surface area contributed by atoms with Crippen molar-refractivity contribution in [3.63, 3.8) is 0 Å². The Kier molecular flexibility index (Phi) is 15.9. The second kappa shape index (κ2) is 27.5. The minimum Gasteiger partial charge on any atom is -0.311 e. The van der Waals surface area contributed by atoms with Crippen LogP contribution in [0.3, 0.4) is 0 Å². The van der Waals surface area contributed by atoms with Gasteiger partial charge in [-0.15, -0.1) is 22.7 Å². The second-order valence-electron chi connectivity index (χ2n) is 31.6. The van der Waals surface area contributed by atoms with Crippen LogP contribution in [-0.4, -0.2) is 4.57 Å². The van der Waals surface area contributed by atoms with Gasteiger partial charge in [0.25, 0.3) is 0 Å². The Bertz CT molecular complexity index is 7390. The van der Waals surface area contributed by atoms with Crippen LogP contribution in [0.25, 0.3) is 135 Å². The summed E-state index contributed by atoms with van der Waals surface area (Å²) in [6.07, 6.45) is 0. The highest BCUT2D eigenvalue weighted by molar-refractivity contribution is 7.23. The van der Waals surface area contributed by atoms with Crippen LogP contribution in [0.4, 0.5) is 34.1 Å². The third-order valence-electron chi connectivity index (χ3n) is 25.5. The van der Waals surface area contributed by atoms with E-state index in [0.29, 0.717) is 0 Å². The molecule has 5 heteroatoms. The highest BCUT2D eigenvalue weighted by Crippen LogP contribution is 2.69. The van der Waals surface area contributed by atoms with Gasteiger partial charge in [0.1, 0.15) is 0 Å². The van der Waals surface area contributed by atoms with Gasteiger partial charge in [0.2, 0.25) is 0 Å². The van der Waals surface area contributed by atoms with E-state index in [-0.39, 0.29) is 5.41 Å². The van der Waals surface area contributed by atoms with E-state index in [2.05, 4.69) is 457 Å². The number of fused-ring (bicyclic) bond motifs is 27. The molecule has 119 heavy (non-hydrogen) atoms. The van der Waals surface area contributed by atoms with Crippen molar-refractivity contribution in [3.8, 4) is 93.3 Å². The van der Waals surface area contributed by atoms with Gasteiger partial charge in [-0.25, -0.2) is 0 Å². The summed E-state index contributed by atoms with van der Waals surface area (Å²) in [4.78, 5) is 7.52. The average molecular weight is 1550 g/mol. The number of anilines is 6. The van der Waals surface area contributed by atoms with Gasteiger partial charge in [0.15, 0.2) is 0 Å². The van der Waals surface area contributed by atoms with Crippen molar-refractivity contribution >= 4 is 98.8 Å². The Labute approximate surface area is 699 Å². The van der Waals surface area contributed by atoms with E-state index in [1.54, 1.807) is 0 Å². The van der Waals surface area contributed by atoms with Gasteiger partial charge in [-0.3, -0.25) is 0 Å². The summed E-state index contributed by atoms with van der Waals surface area (Å²) >= 11 is 3.87. The van der Waals surface area contributed by atoms with E-state index in [1.165, 1.54) is 174 Å². The molecule has 0 fully saturated rings. The summed E-state index contributed by atoms with van der Waals surface area (Å²) in [6, 6.07) is 163. The molecular weight excluding hydrogens is 1480 g/mol. The van der Waals surface area contributed by atoms with Crippen LogP contribution in [0.2, 0.25) is 0 Å². The number of para-hydroxylation sites is 3. The topological polar surface area (TPSA) is 11.4 Å². The molecule has 0 aliphatic heterocycles. The van der Waals surface area contributed by atoms with Gasteiger partial charge in [-0.1, -0.05) is 328 Å². The summed E-state index contributed by atoms with van der Waals surface area (Å²) in [5.41, 5.74) is 38.4. The molecular formula is C114H73N3S2. The lowest BCUT2D eigenvalue weighted by atomic mass is 9.68. The molecule has 0 N–H and O–H groups in total.